The number of esters is 1. The van der Waals surface area contributed by atoms with Crippen LogP contribution in [0, 0.1) is 6.92 Å². The number of carbonyl (C=O) groups excluding carboxylic acids is 1. The molecule has 1 rings (SSSR count). The lowest BCUT2D eigenvalue weighted by Crippen LogP contribution is -2.18. The van der Waals surface area contributed by atoms with Crippen LogP contribution >= 0.6 is 0 Å². The quantitative estimate of drug-likeness (QED) is 0.751. The Hall–Kier alpha value is -1.85. The van der Waals surface area contributed by atoms with Crippen LogP contribution in [0.2, 0.25) is 0 Å². The monoisotopic (exact) mass is 239 g/mol. The lowest BCUT2D eigenvalue weighted by molar-refractivity contribution is -0.140. The number of rotatable bonds is 6. The van der Waals surface area contributed by atoms with Gasteiger partial charge >= 0.3 is 5.97 Å². The Morgan fingerprint density at radius 3 is 2.76 bits per heavy atom. The number of nitrogens with zero attached hydrogens (tertiary/aromatic N) is 2. The molecular weight excluding hydrogens is 222 g/mol. The molecule has 6 nitrogen and oxygen atoms in total. The molecule has 0 aliphatic carbocycles. The van der Waals surface area contributed by atoms with Crippen molar-refractivity contribution in [3.05, 3.63) is 11.9 Å². The molecule has 0 unspecified atom stereocenters. The lowest BCUT2D eigenvalue weighted by atomic mass is 10.3. The number of anilines is 1. The summed E-state index contributed by atoms with van der Waals surface area (Å²) in [6.45, 7) is 6.46. The minimum absolute atomic E-state index is 0.0806. The molecule has 0 saturated carbocycles. The first-order valence-corrected chi connectivity index (χ1v) is 5.52. The van der Waals surface area contributed by atoms with Crippen molar-refractivity contribution in [3.63, 3.8) is 0 Å². The maximum Gasteiger partial charge on any atom is 0.325 e. The zero-order chi connectivity index (χ0) is 12.7. The van der Waals surface area contributed by atoms with E-state index in [0.717, 1.165) is 5.56 Å². The van der Waals surface area contributed by atoms with Crippen LogP contribution in [0.1, 0.15) is 19.4 Å². The number of carbonyl (C=O) groups is 1. The normalized spacial score (nSPS) is 9.82. The van der Waals surface area contributed by atoms with E-state index in [-0.39, 0.29) is 12.5 Å². The van der Waals surface area contributed by atoms with Crippen LogP contribution in [-0.4, -0.2) is 35.7 Å². The predicted molar refractivity (Wildman–Crippen MR) is 63.1 cm³/mol. The first kappa shape index (κ1) is 13.2. The van der Waals surface area contributed by atoms with Crippen LogP contribution in [-0.2, 0) is 9.53 Å². The molecule has 6 heteroatoms. The standard InChI is InChI=1S/C11H17N3O3/c1-4-16-9(15)6-12-10-8(3)11(17-5-2)14-7-13-10/h7H,4-6H2,1-3H3,(H,12,13,14). The third kappa shape index (κ3) is 3.90. The number of nitrogens with one attached hydrogen (secondary N) is 1. The summed E-state index contributed by atoms with van der Waals surface area (Å²) in [4.78, 5) is 19.2. The van der Waals surface area contributed by atoms with Gasteiger partial charge in [-0.15, -0.1) is 0 Å². The Balaban J connectivity index is 2.64. The number of hydrogen-bond donors (Lipinski definition) is 1. The summed E-state index contributed by atoms with van der Waals surface area (Å²) in [5, 5.41) is 2.89. The van der Waals surface area contributed by atoms with Crippen molar-refractivity contribution < 1.29 is 14.3 Å². The molecule has 0 spiro atoms. The highest BCUT2D eigenvalue weighted by Gasteiger charge is 2.09. The second-order valence-electron chi connectivity index (χ2n) is 3.24. The zero-order valence-electron chi connectivity index (χ0n) is 10.3. The minimum Gasteiger partial charge on any atom is -0.478 e. The van der Waals surface area contributed by atoms with E-state index in [1.54, 1.807) is 6.92 Å². The summed E-state index contributed by atoms with van der Waals surface area (Å²) in [6.07, 6.45) is 1.39. The second kappa shape index (κ2) is 6.67. The zero-order valence-corrected chi connectivity index (χ0v) is 10.3. The molecule has 0 radical (unpaired) electrons. The molecule has 94 valence electrons. The molecule has 0 fully saturated rings. The largest absolute Gasteiger partial charge is 0.478 e. The van der Waals surface area contributed by atoms with E-state index >= 15 is 0 Å². The molecule has 0 atom stereocenters. The van der Waals surface area contributed by atoms with Gasteiger partial charge in [-0.3, -0.25) is 4.79 Å². The predicted octanol–water partition coefficient (Wildman–Crippen LogP) is 1.16. The number of ether oxygens (including phenoxy) is 2. The van der Waals surface area contributed by atoms with Crippen LogP contribution in [0.3, 0.4) is 0 Å². The molecule has 0 amide bonds. The van der Waals surface area contributed by atoms with Gasteiger partial charge < -0.3 is 14.8 Å². The van der Waals surface area contributed by atoms with Crippen LogP contribution < -0.4 is 10.1 Å². The number of hydrogen-bond acceptors (Lipinski definition) is 6. The van der Waals surface area contributed by atoms with Gasteiger partial charge in [0.25, 0.3) is 0 Å². The Morgan fingerprint density at radius 2 is 2.12 bits per heavy atom. The third-order valence-electron chi connectivity index (χ3n) is 2.02. The van der Waals surface area contributed by atoms with Crippen molar-refractivity contribution in [1.82, 2.24) is 9.97 Å². The van der Waals surface area contributed by atoms with E-state index in [2.05, 4.69) is 15.3 Å². The van der Waals surface area contributed by atoms with Gasteiger partial charge in [-0.1, -0.05) is 0 Å². The average molecular weight is 239 g/mol. The highest BCUT2D eigenvalue weighted by atomic mass is 16.5. The van der Waals surface area contributed by atoms with Crippen molar-refractivity contribution >= 4 is 11.8 Å². The summed E-state index contributed by atoms with van der Waals surface area (Å²) in [5.74, 6) is 0.786. The van der Waals surface area contributed by atoms with E-state index in [1.165, 1.54) is 6.33 Å². The van der Waals surface area contributed by atoms with E-state index in [4.69, 9.17) is 9.47 Å². The summed E-state index contributed by atoms with van der Waals surface area (Å²) in [6, 6.07) is 0. The van der Waals surface area contributed by atoms with Gasteiger partial charge in [0, 0.05) is 0 Å². The maximum atomic E-state index is 11.2. The van der Waals surface area contributed by atoms with Gasteiger partial charge in [-0.05, 0) is 20.8 Å². The van der Waals surface area contributed by atoms with Gasteiger partial charge in [0.1, 0.15) is 18.7 Å². The van der Waals surface area contributed by atoms with Crippen molar-refractivity contribution in [2.75, 3.05) is 25.1 Å². The van der Waals surface area contributed by atoms with Gasteiger partial charge in [0.15, 0.2) is 0 Å². The van der Waals surface area contributed by atoms with E-state index < -0.39 is 0 Å². The summed E-state index contributed by atoms with van der Waals surface area (Å²) in [7, 11) is 0. The maximum absolute atomic E-state index is 11.2. The Labute approximate surface area is 100 Å². The van der Waals surface area contributed by atoms with Gasteiger partial charge in [-0.25, -0.2) is 9.97 Å². The Morgan fingerprint density at radius 1 is 1.35 bits per heavy atom. The van der Waals surface area contributed by atoms with Gasteiger partial charge in [0.2, 0.25) is 5.88 Å². The molecule has 0 aliphatic rings. The number of aromatic nitrogens is 2. The fraction of sp³-hybridized carbons (Fsp3) is 0.545. The second-order valence-corrected chi connectivity index (χ2v) is 3.24. The Kier molecular flexibility index (Phi) is 5.19. The molecule has 1 heterocycles. The third-order valence-corrected chi connectivity index (χ3v) is 2.02. The summed E-state index contributed by atoms with van der Waals surface area (Å²) in [5.41, 5.74) is 0.777. The highest BCUT2D eigenvalue weighted by molar-refractivity contribution is 5.74. The first-order valence-electron chi connectivity index (χ1n) is 5.52. The topological polar surface area (TPSA) is 73.3 Å². The molecular formula is C11H17N3O3. The minimum atomic E-state index is -0.316. The van der Waals surface area contributed by atoms with Gasteiger partial charge in [0.05, 0.1) is 18.8 Å². The van der Waals surface area contributed by atoms with E-state index in [1.807, 2.05) is 13.8 Å². The summed E-state index contributed by atoms with van der Waals surface area (Å²) >= 11 is 0. The lowest BCUT2D eigenvalue weighted by Gasteiger charge is -2.10. The van der Waals surface area contributed by atoms with E-state index in [0.29, 0.717) is 24.9 Å². The average Bonchev–Trinajstić information content (AvgIpc) is 2.31. The Bertz CT molecular complexity index is 382. The smallest absolute Gasteiger partial charge is 0.325 e. The molecule has 1 N–H and O–H groups in total. The highest BCUT2D eigenvalue weighted by Crippen LogP contribution is 2.19. The fourth-order valence-electron chi connectivity index (χ4n) is 1.26. The fourth-order valence-corrected chi connectivity index (χ4v) is 1.26. The summed E-state index contributed by atoms with van der Waals surface area (Å²) < 4.78 is 10.1. The molecule has 0 aromatic carbocycles. The molecule has 17 heavy (non-hydrogen) atoms. The van der Waals surface area contributed by atoms with Crippen molar-refractivity contribution in [2.45, 2.75) is 20.8 Å². The van der Waals surface area contributed by atoms with Crippen LogP contribution in [0.15, 0.2) is 6.33 Å². The molecule has 0 bridgehead atoms. The molecule has 1 aromatic rings. The van der Waals surface area contributed by atoms with Crippen molar-refractivity contribution in [2.24, 2.45) is 0 Å². The molecule has 1 aromatic heterocycles. The first-order chi connectivity index (χ1) is 8.19. The van der Waals surface area contributed by atoms with Crippen LogP contribution in [0.25, 0.3) is 0 Å². The molecule has 0 aliphatic heterocycles. The van der Waals surface area contributed by atoms with Crippen LogP contribution in [0.5, 0.6) is 5.88 Å². The van der Waals surface area contributed by atoms with Gasteiger partial charge in [-0.2, -0.15) is 0 Å². The van der Waals surface area contributed by atoms with Crippen molar-refractivity contribution in [1.29, 1.82) is 0 Å². The van der Waals surface area contributed by atoms with E-state index in [9.17, 15) is 4.79 Å². The van der Waals surface area contributed by atoms with Crippen LogP contribution in [0.4, 0.5) is 5.82 Å². The molecule has 0 saturated heterocycles. The van der Waals surface area contributed by atoms with Crippen molar-refractivity contribution in [3.8, 4) is 5.88 Å². The SMILES string of the molecule is CCOC(=O)CNc1ncnc(OCC)c1C.